The van der Waals surface area contributed by atoms with Gasteiger partial charge in [-0.2, -0.15) is 0 Å². The fourth-order valence-electron chi connectivity index (χ4n) is 6.57. The summed E-state index contributed by atoms with van der Waals surface area (Å²) in [5.74, 6) is 1.24. The molecule has 1 aliphatic heterocycles. The van der Waals surface area contributed by atoms with E-state index >= 15 is 0 Å². The molecule has 0 N–H and O–H groups in total. The Labute approximate surface area is 233 Å². The molecule has 0 spiro atoms. The third-order valence-corrected chi connectivity index (χ3v) is 8.54. The summed E-state index contributed by atoms with van der Waals surface area (Å²) < 4.78 is 33.4. The van der Waals surface area contributed by atoms with Gasteiger partial charge >= 0.3 is 0 Å². The smallest absolute Gasteiger partial charge is 0.227 e. The van der Waals surface area contributed by atoms with Crippen molar-refractivity contribution in [2.24, 2.45) is 0 Å². The summed E-state index contributed by atoms with van der Waals surface area (Å²) in [4.78, 5) is 20.4. The zero-order chi connectivity index (χ0) is 28.0. The van der Waals surface area contributed by atoms with Crippen LogP contribution >= 0.6 is 0 Å². The number of carbonyl (C=O) groups is 1. The van der Waals surface area contributed by atoms with Crippen LogP contribution in [0.3, 0.4) is 0 Å². The summed E-state index contributed by atoms with van der Waals surface area (Å²) >= 11 is 0. The Morgan fingerprint density at radius 3 is 2.50 bits per heavy atom. The van der Waals surface area contributed by atoms with Gasteiger partial charge in [-0.25, -0.2) is 9.37 Å². The summed E-state index contributed by atoms with van der Waals surface area (Å²) in [5, 5.41) is 4.13. The van der Waals surface area contributed by atoms with Crippen molar-refractivity contribution in [2.45, 2.75) is 77.0 Å². The first-order valence-corrected chi connectivity index (χ1v) is 14.0. The van der Waals surface area contributed by atoms with Gasteiger partial charge in [0.25, 0.3) is 0 Å². The normalized spacial score (nSPS) is 21.8. The number of ether oxygens (including phenoxy) is 2. The van der Waals surface area contributed by atoms with Gasteiger partial charge in [-0.15, -0.1) is 0 Å². The van der Waals surface area contributed by atoms with Crippen LogP contribution in [0.5, 0.6) is 5.75 Å². The van der Waals surface area contributed by atoms with Gasteiger partial charge in [-0.3, -0.25) is 4.79 Å². The summed E-state index contributed by atoms with van der Waals surface area (Å²) in [6, 6.07) is 10.9. The number of halogens is 1. The lowest BCUT2D eigenvalue weighted by molar-refractivity contribution is -0.120. The van der Waals surface area contributed by atoms with Crippen LogP contribution in [0.2, 0.25) is 0 Å². The quantitative estimate of drug-likeness (QED) is 0.263. The molecule has 2 fully saturated rings. The maximum atomic E-state index is 14.8. The minimum Gasteiger partial charge on any atom is -0.494 e. The molecule has 210 valence electrons. The van der Waals surface area contributed by atoms with Crippen LogP contribution in [0.4, 0.5) is 10.1 Å². The first kappa shape index (κ1) is 26.5. The van der Waals surface area contributed by atoms with E-state index in [1.807, 2.05) is 13.8 Å². The molecule has 0 unspecified atom stereocenters. The highest BCUT2D eigenvalue weighted by atomic mass is 19.1. The number of imidazole rings is 1. The number of nitrogens with zero attached hydrogens (tertiary/aromatic N) is 4. The minimum absolute atomic E-state index is 0.0288. The van der Waals surface area contributed by atoms with Crippen LogP contribution in [0.25, 0.3) is 22.2 Å². The Kier molecular flexibility index (Phi) is 7.08. The zero-order valence-electron chi connectivity index (χ0n) is 23.4. The molecule has 1 amide bonds. The number of methoxy groups -OCH3 is 2. The van der Waals surface area contributed by atoms with Crippen molar-refractivity contribution in [1.82, 2.24) is 14.7 Å². The first-order valence-electron chi connectivity index (χ1n) is 14.0. The van der Waals surface area contributed by atoms with Crippen molar-refractivity contribution in [2.75, 3.05) is 19.1 Å². The number of carbonyl (C=O) groups excluding carboxylic acids is 1. The lowest BCUT2D eigenvalue weighted by Crippen LogP contribution is -2.40. The van der Waals surface area contributed by atoms with Gasteiger partial charge in [0.2, 0.25) is 5.91 Å². The maximum absolute atomic E-state index is 14.8. The van der Waals surface area contributed by atoms with Crippen LogP contribution in [-0.2, 0) is 9.53 Å². The number of aromatic nitrogens is 3. The molecular formula is C31H35FN4O4. The molecule has 1 saturated carbocycles. The summed E-state index contributed by atoms with van der Waals surface area (Å²) in [5.41, 5.74) is 5.22. The lowest BCUT2D eigenvalue weighted by Gasteiger charge is -2.37. The molecule has 8 nitrogen and oxygen atoms in total. The summed E-state index contributed by atoms with van der Waals surface area (Å²) in [7, 11) is 3.21. The maximum Gasteiger partial charge on any atom is 0.227 e. The van der Waals surface area contributed by atoms with Crippen molar-refractivity contribution in [3.05, 3.63) is 59.5 Å². The zero-order valence-corrected chi connectivity index (χ0v) is 23.4. The topological polar surface area (TPSA) is 82.6 Å². The molecule has 1 atom stereocenters. The second kappa shape index (κ2) is 10.7. The van der Waals surface area contributed by atoms with E-state index in [0.29, 0.717) is 12.1 Å². The molecule has 1 saturated heterocycles. The second-order valence-corrected chi connectivity index (χ2v) is 10.9. The van der Waals surface area contributed by atoms with Gasteiger partial charge in [0.1, 0.15) is 11.6 Å². The summed E-state index contributed by atoms with van der Waals surface area (Å²) in [6.45, 7) is 3.85. The third-order valence-electron chi connectivity index (χ3n) is 8.54. The van der Waals surface area contributed by atoms with E-state index in [1.54, 1.807) is 24.1 Å². The van der Waals surface area contributed by atoms with E-state index in [-0.39, 0.29) is 29.8 Å². The fraction of sp³-hybridized carbons (Fsp3) is 0.452. The predicted octanol–water partition coefficient (Wildman–Crippen LogP) is 6.84. The van der Waals surface area contributed by atoms with E-state index in [4.69, 9.17) is 19.0 Å². The molecule has 40 heavy (non-hydrogen) atoms. The molecule has 2 aromatic carbocycles. The standard InChI is InChI=1S/C31H35FN4O4/c1-18-30(19(2)40-34-18)20-8-14-26-25(16-20)33-31(36(26)21-9-12-23(38-3)13-10-21)27-6-5-7-29(37)35(27)22-11-15-28(39-4)24(32)17-22/h8,11,14-17,21,23,27H,5-7,9-10,12-13H2,1-4H3/t21?,23?,27-/m0/s1. The number of rotatable bonds is 6. The highest BCUT2D eigenvalue weighted by Crippen LogP contribution is 2.42. The Hall–Kier alpha value is -3.72. The number of amides is 1. The van der Waals surface area contributed by atoms with E-state index in [1.165, 1.54) is 13.2 Å². The van der Waals surface area contributed by atoms with Crippen LogP contribution in [-0.4, -0.2) is 40.9 Å². The summed E-state index contributed by atoms with van der Waals surface area (Å²) in [6.07, 6.45) is 6.02. The Balaban J connectivity index is 1.49. The van der Waals surface area contributed by atoms with Gasteiger partial charge in [-0.1, -0.05) is 11.2 Å². The number of hydrogen-bond donors (Lipinski definition) is 0. The molecule has 9 heteroatoms. The van der Waals surface area contributed by atoms with E-state index in [2.05, 4.69) is 27.9 Å². The molecule has 1 aliphatic carbocycles. The van der Waals surface area contributed by atoms with Gasteiger partial charge in [0.05, 0.1) is 36.0 Å². The van der Waals surface area contributed by atoms with Crippen LogP contribution in [0.1, 0.15) is 74.3 Å². The van der Waals surface area contributed by atoms with Crippen molar-refractivity contribution < 1.29 is 23.2 Å². The molecule has 4 aromatic rings. The van der Waals surface area contributed by atoms with Crippen molar-refractivity contribution in [3.63, 3.8) is 0 Å². The molecular weight excluding hydrogens is 511 g/mol. The highest BCUT2D eigenvalue weighted by molar-refractivity contribution is 5.95. The molecule has 2 aliphatic rings. The molecule has 6 rings (SSSR count). The van der Waals surface area contributed by atoms with E-state index < -0.39 is 5.82 Å². The monoisotopic (exact) mass is 546 g/mol. The van der Waals surface area contributed by atoms with Crippen molar-refractivity contribution in [3.8, 4) is 16.9 Å². The Morgan fingerprint density at radius 1 is 1.02 bits per heavy atom. The van der Waals surface area contributed by atoms with Gasteiger partial charge in [0, 0.05) is 36.9 Å². The highest BCUT2D eigenvalue weighted by Gasteiger charge is 2.36. The second-order valence-electron chi connectivity index (χ2n) is 10.9. The van der Waals surface area contributed by atoms with Crippen molar-refractivity contribution in [1.29, 1.82) is 0 Å². The fourth-order valence-corrected chi connectivity index (χ4v) is 6.57. The van der Waals surface area contributed by atoms with E-state index in [0.717, 1.165) is 78.0 Å². The average molecular weight is 547 g/mol. The number of piperidine rings is 1. The average Bonchev–Trinajstić information content (AvgIpc) is 3.51. The Morgan fingerprint density at radius 2 is 1.82 bits per heavy atom. The van der Waals surface area contributed by atoms with Crippen molar-refractivity contribution >= 4 is 22.6 Å². The number of fused-ring (bicyclic) bond motifs is 1. The van der Waals surface area contributed by atoms with Gasteiger partial charge in [0.15, 0.2) is 11.6 Å². The van der Waals surface area contributed by atoms with Gasteiger partial charge in [-0.05, 0) is 82.2 Å². The number of benzene rings is 2. The SMILES string of the molecule is COc1ccc(N2C(=O)CCC[C@H]2c2nc3cc(-c4c(C)noc4C)ccc3n2C2CCC(OC)CC2)cc1F. The van der Waals surface area contributed by atoms with Gasteiger partial charge < -0.3 is 23.5 Å². The molecule has 0 radical (unpaired) electrons. The molecule has 2 aromatic heterocycles. The van der Waals surface area contributed by atoms with Crippen LogP contribution in [0, 0.1) is 19.7 Å². The molecule has 0 bridgehead atoms. The lowest BCUT2D eigenvalue weighted by atomic mass is 9.91. The minimum atomic E-state index is -0.493. The number of anilines is 1. The first-order chi connectivity index (χ1) is 19.4. The molecule has 3 heterocycles. The van der Waals surface area contributed by atoms with E-state index in [9.17, 15) is 9.18 Å². The van der Waals surface area contributed by atoms with Crippen LogP contribution in [0.15, 0.2) is 40.9 Å². The largest absolute Gasteiger partial charge is 0.494 e. The van der Waals surface area contributed by atoms with Crippen LogP contribution < -0.4 is 9.64 Å². The predicted molar refractivity (Wildman–Crippen MR) is 150 cm³/mol. The Bertz CT molecular complexity index is 1530. The third kappa shape index (κ3) is 4.56. The number of aryl methyl sites for hydroxylation is 2. The number of hydrogen-bond acceptors (Lipinski definition) is 6.